The van der Waals surface area contributed by atoms with Crippen LogP contribution in [0.5, 0.6) is 0 Å². The van der Waals surface area contributed by atoms with Gasteiger partial charge in [0.1, 0.15) is 5.82 Å². The van der Waals surface area contributed by atoms with Crippen LogP contribution in [0.15, 0.2) is 0 Å². The number of nitrogens with one attached hydrogen (secondary N) is 1. The highest BCUT2D eigenvalue weighted by Gasteiger charge is 2.28. The Hall–Kier alpha value is -0.350. The van der Waals surface area contributed by atoms with Crippen molar-refractivity contribution in [2.24, 2.45) is 5.92 Å². The summed E-state index contributed by atoms with van der Waals surface area (Å²) in [6.45, 7) is 0.952. The van der Waals surface area contributed by atoms with E-state index in [1.54, 1.807) is 0 Å². The summed E-state index contributed by atoms with van der Waals surface area (Å²) in [6.07, 6.45) is 6.21. The third kappa shape index (κ3) is 2.33. The first kappa shape index (κ1) is 10.8. The second-order valence-electron chi connectivity index (χ2n) is 4.82. The van der Waals surface area contributed by atoms with Crippen LogP contribution >= 0.6 is 23.1 Å². The van der Waals surface area contributed by atoms with Gasteiger partial charge in [0, 0.05) is 29.4 Å². The molecule has 2 saturated carbocycles. The molecule has 5 heteroatoms. The minimum atomic E-state index is 0.350. The summed E-state index contributed by atoms with van der Waals surface area (Å²) < 4.78 is 4.38. The van der Waals surface area contributed by atoms with Crippen molar-refractivity contribution in [2.75, 3.05) is 11.9 Å². The van der Waals surface area contributed by atoms with Crippen LogP contribution in [0, 0.1) is 5.92 Å². The van der Waals surface area contributed by atoms with Crippen LogP contribution in [0.2, 0.25) is 0 Å². The summed E-state index contributed by atoms with van der Waals surface area (Å²) in [5.41, 5.74) is 0. The van der Waals surface area contributed by atoms with Gasteiger partial charge >= 0.3 is 0 Å². The molecule has 88 valence electrons. The molecule has 16 heavy (non-hydrogen) atoms. The summed E-state index contributed by atoms with van der Waals surface area (Å²) >= 11 is 7.72. The molecule has 2 fully saturated rings. The number of rotatable bonds is 4. The van der Waals surface area contributed by atoms with Crippen molar-refractivity contribution in [3.63, 3.8) is 0 Å². The zero-order valence-corrected chi connectivity index (χ0v) is 10.7. The van der Waals surface area contributed by atoms with Crippen molar-refractivity contribution >= 4 is 28.3 Å². The van der Waals surface area contributed by atoms with E-state index in [2.05, 4.69) is 14.7 Å². The predicted octanol–water partition coefficient (Wildman–Crippen LogP) is 3.23. The van der Waals surface area contributed by atoms with Crippen molar-refractivity contribution in [2.45, 2.75) is 43.4 Å². The Kier molecular flexibility index (Phi) is 3.03. The van der Waals surface area contributed by atoms with Crippen LogP contribution < -0.4 is 5.32 Å². The van der Waals surface area contributed by atoms with Crippen LogP contribution in [-0.4, -0.2) is 21.3 Å². The smallest absolute Gasteiger partial charge is 0.202 e. The maximum Gasteiger partial charge on any atom is 0.202 e. The lowest BCUT2D eigenvalue weighted by Gasteiger charge is -2.13. The summed E-state index contributed by atoms with van der Waals surface area (Å²) in [6, 6.07) is 0. The molecule has 0 aromatic carbocycles. The second-order valence-corrected chi connectivity index (χ2v) is 6.13. The van der Waals surface area contributed by atoms with Gasteiger partial charge in [-0.15, -0.1) is 11.6 Å². The zero-order valence-electron chi connectivity index (χ0n) is 9.16. The van der Waals surface area contributed by atoms with E-state index in [-0.39, 0.29) is 0 Å². The maximum atomic E-state index is 6.24. The van der Waals surface area contributed by atoms with Gasteiger partial charge in [-0.25, -0.2) is 4.98 Å². The van der Waals surface area contributed by atoms with Crippen LogP contribution in [-0.2, 0) is 0 Å². The first-order valence-corrected chi connectivity index (χ1v) is 7.25. The van der Waals surface area contributed by atoms with Crippen molar-refractivity contribution in [1.82, 2.24) is 9.36 Å². The van der Waals surface area contributed by atoms with Gasteiger partial charge in [-0.3, -0.25) is 0 Å². The number of halogens is 1. The van der Waals surface area contributed by atoms with Gasteiger partial charge < -0.3 is 5.32 Å². The SMILES string of the molecule is ClC1CCCC1CNc1nc(C2CC2)ns1. The number of anilines is 1. The molecule has 0 amide bonds. The molecule has 2 atom stereocenters. The molecule has 1 aromatic rings. The minimum Gasteiger partial charge on any atom is -0.360 e. The van der Waals surface area contributed by atoms with Gasteiger partial charge in [0.05, 0.1) is 0 Å². The van der Waals surface area contributed by atoms with E-state index in [1.165, 1.54) is 37.2 Å². The van der Waals surface area contributed by atoms with E-state index in [9.17, 15) is 0 Å². The monoisotopic (exact) mass is 257 g/mol. The van der Waals surface area contributed by atoms with Gasteiger partial charge in [0.2, 0.25) is 5.13 Å². The van der Waals surface area contributed by atoms with Gasteiger partial charge in [0.25, 0.3) is 0 Å². The Morgan fingerprint density at radius 2 is 2.19 bits per heavy atom. The molecular formula is C11H16ClN3S. The molecule has 1 aromatic heterocycles. The number of hydrogen-bond donors (Lipinski definition) is 1. The molecule has 3 rings (SSSR count). The molecular weight excluding hydrogens is 242 g/mol. The molecule has 2 aliphatic carbocycles. The van der Waals surface area contributed by atoms with Crippen molar-refractivity contribution in [3.8, 4) is 0 Å². The number of alkyl halides is 1. The highest BCUT2D eigenvalue weighted by Crippen LogP contribution is 2.39. The Bertz CT molecular complexity index is 364. The van der Waals surface area contributed by atoms with E-state index in [0.717, 1.165) is 23.9 Å². The van der Waals surface area contributed by atoms with E-state index in [0.29, 0.717) is 17.2 Å². The average Bonchev–Trinajstić information content (AvgIpc) is 2.89. The number of hydrogen-bond acceptors (Lipinski definition) is 4. The third-order valence-electron chi connectivity index (χ3n) is 3.47. The summed E-state index contributed by atoms with van der Waals surface area (Å²) in [5.74, 6) is 2.30. The van der Waals surface area contributed by atoms with E-state index >= 15 is 0 Å². The normalized spacial score (nSPS) is 29.6. The molecule has 0 spiro atoms. The topological polar surface area (TPSA) is 37.8 Å². The molecule has 0 saturated heterocycles. The molecule has 1 N–H and O–H groups in total. The highest BCUT2D eigenvalue weighted by atomic mass is 35.5. The van der Waals surface area contributed by atoms with E-state index in [1.807, 2.05) is 0 Å². The Balaban J connectivity index is 1.53. The first-order valence-electron chi connectivity index (χ1n) is 6.04. The van der Waals surface area contributed by atoms with Crippen LogP contribution in [0.25, 0.3) is 0 Å². The number of nitrogens with zero attached hydrogens (tertiary/aromatic N) is 2. The van der Waals surface area contributed by atoms with Crippen LogP contribution in [0.4, 0.5) is 5.13 Å². The third-order valence-corrected chi connectivity index (χ3v) is 4.73. The fraction of sp³-hybridized carbons (Fsp3) is 0.818. The molecule has 0 aliphatic heterocycles. The van der Waals surface area contributed by atoms with Gasteiger partial charge in [-0.05, 0) is 31.6 Å². The average molecular weight is 258 g/mol. The van der Waals surface area contributed by atoms with Gasteiger partial charge in [0.15, 0.2) is 0 Å². The summed E-state index contributed by atoms with van der Waals surface area (Å²) in [7, 11) is 0. The van der Waals surface area contributed by atoms with E-state index < -0.39 is 0 Å². The van der Waals surface area contributed by atoms with Crippen molar-refractivity contribution in [3.05, 3.63) is 5.82 Å². The lowest BCUT2D eigenvalue weighted by molar-refractivity contribution is 0.586. The fourth-order valence-corrected chi connectivity index (χ4v) is 3.28. The maximum absolute atomic E-state index is 6.24. The quantitative estimate of drug-likeness (QED) is 0.842. The Morgan fingerprint density at radius 1 is 1.31 bits per heavy atom. The van der Waals surface area contributed by atoms with Crippen LogP contribution in [0.3, 0.4) is 0 Å². The Morgan fingerprint density at radius 3 is 2.88 bits per heavy atom. The molecule has 2 aliphatic rings. The summed E-state index contributed by atoms with van der Waals surface area (Å²) in [4.78, 5) is 4.51. The molecule has 3 nitrogen and oxygen atoms in total. The number of aromatic nitrogens is 2. The standard InChI is InChI=1S/C11H16ClN3S/c12-9-3-1-2-8(9)6-13-11-14-10(15-16-11)7-4-5-7/h7-9H,1-6H2,(H,13,14,15). The second kappa shape index (κ2) is 4.49. The van der Waals surface area contributed by atoms with Gasteiger partial charge in [-0.2, -0.15) is 4.37 Å². The zero-order chi connectivity index (χ0) is 11.0. The van der Waals surface area contributed by atoms with Gasteiger partial charge in [-0.1, -0.05) is 6.42 Å². The van der Waals surface area contributed by atoms with Crippen LogP contribution in [0.1, 0.15) is 43.8 Å². The Labute approximate surface area is 105 Å². The fourth-order valence-electron chi connectivity index (χ4n) is 2.25. The molecule has 0 bridgehead atoms. The highest BCUT2D eigenvalue weighted by molar-refractivity contribution is 7.09. The largest absolute Gasteiger partial charge is 0.360 e. The molecule has 0 radical (unpaired) electrons. The lowest BCUT2D eigenvalue weighted by Crippen LogP contribution is -2.18. The molecule has 1 heterocycles. The van der Waals surface area contributed by atoms with E-state index in [4.69, 9.17) is 11.6 Å². The molecule has 2 unspecified atom stereocenters. The minimum absolute atomic E-state index is 0.350. The summed E-state index contributed by atoms with van der Waals surface area (Å²) in [5, 5.41) is 4.70. The predicted molar refractivity (Wildman–Crippen MR) is 67.4 cm³/mol. The lowest BCUT2D eigenvalue weighted by atomic mass is 10.1. The first-order chi connectivity index (χ1) is 7.83. The van der Waals surface area contributed by atoms with Crippen molar-refractivity contribution < 1.29 is 0 Å². The van der Waals surface area contributed by atoms with Crippen molar-refractivity contribution in [1.29, 1.82) is 0 Å².